The number of thioether (sulfide) groups is 2. The molecule has 0 aromatic carbocycles. The summed E-state index contributed by atoms with van der Waals surface area (Å²) in [6.45, 7) is 0. The quantitative estimate of drug-likeness (QED) is 0.549. The lowest BCUT2D eigenvalue weighted by Crippen LogP contribution is -2.14. The molecule has 1 unspecified atom stereocenters. The fraction of sp³-hybridized carbons (Fsp3) is 0.800. The van der Waals surface area contributed by atoms with Gasteiger partial charge in [0.1, 0.15) is 0 Å². The number of rotatable bonds is 1. The summed E-state index contributed by atoms with van der Waals surface area (Å²) in [5.74, 6) is 3.28. The molecule has 8 heavy (non-hydrogen) atoms. The molecule has 1 radical (unpaired) electrons. The van der Waals surface area contributed by atoms with Gasteiger partial charge in [-0.2, -0.15) is 11.8 Å². The Hall–Kier alpha value is 0.370. The smallest absolute Gasteiger partial charge is 0.213 e. The van der Waals surface area contributed by atoms with E-state index in [1.165, 1.54) is 5.75 Å². The third kappa shape index (κ3) is 1.71. The van der Waals surface area contributed by atoms with Gasteiger partial charge in [-0.05, 0) is 0 Å². The maximum absolute atomic E-state index is 10.0. The normalized spacial score (nSPS) is 29.8. The highest BCUT2D eigenvalue weighted by atomic mass is 32.2. The van der Waals surface area contributed by atoms with Crippen LogP contribution in [0.2, 0.25) is 0 Å². The Labute approximate surface area is 57.6 Å². The van der Waals surface area contributed by atoms with Gasteiger partial charge < -0.3 is 0 Å². The summed E-state index contributed by atoms with van der Waals surface area (Å²) in [7, 11) is 0. The Kier molecular flexibility index (Phi) is 2.76. The van der Waals surface area contributed by atoms with E-state index in [1.807, 2.05) is 18.0 Å². The summed E-state index contributed by atoms with van der Waals surface area (Å²) in [4.78, 5) is 10.0. The average Bonchev–Trinajstić information content (AvgIpc) is 1.90. The van der Waals surface area contributed by atoms with Crippen LogP contribution in [0, 0.1) is 0 Å². The van der Waals surface area contributed by atoms with Crippen molar-refractivity contribution in [2.75, 3.05) is 17.3 Å². The second-order valence-corrected chi connectivity index (χ2v) is 4.01. The molecule has 0 aromatic heterocycles. The lowest BCUT2D eigenvalue weighted by atomic mass is 10.5. The van der Waals surface area contributed by atoms with Gasteiger partial charge in [0, 0.05) is 17.3 Å². The van der Waals surface area contributed by atoms with E-state index in [4.69, 9.17) is 0 Å². The Morgan fingerprint density at radius 1 is 1.50 bits per heavy atom. The minimum atomic E-state index is 0.161. The maximum atomic E-state index is 10.0. The summed E-state index contributed by atoms with van der Waals surface area (Å²) < 4.78 is 0. The summed E-state index contributed by atoms with van der Waals surface area (Å²) >= 11 is 3.56. The molecule has 1 nitrogen and oxygen atoms in total. The van der Waals surface area contributed by atoms with Crippen molar-refractivity contribution < 1.29 is 4.79 Å². The van der Waals surface area contributed by atoms with Crippen molar-refractivity contribution in [1.82, 2.24) is 0 Å². The minimum absolute atomic E-state index is 0.161. The number of hydrogen-bond acceptors (Lipinski definition) is 3. The molecule has 3 heteroatoms. The molecule has 0 bridgehead atoms. The first-order chi connectivity index (χ1) is 3.93. The van der Waals surface area contributed by atoms with E-state index in [0.717, 1.165) is 11.5 Å². The van der Waals surface area contributed by atoms with Crippen molar-refractivity contribution in [3.8, 4) is 0 Å². The highest BCUT2D eigenvalue weighted by Crippen LogP contribution is 2.21. The van der Waals surface area contributed by atoms with Crippen LogP contribution in [0.4, 0.5) is 0 Å². The van der Waals surface area contributed by atoms with Crippen LogP contribution in [0.1, 0.15) is 0 Å². The molecule has 1 aliphatic heterocycles. The second kappa shape index (κ2) is 3.41. The van der Waals surface area contributed by atoms with Crippen LogP contribution in [0.25, 0.3) is 0 Å². The average molecular weight is 147 g/mol. The third-order valence-corrected chi connectivity index (χ3v) is 3.58. The van der Waals surface area contributed by atoms with E-state index in [0.29, 0.717) is 0 Å². The van der Waals surface area contributed by atoms with Crippen LogP contribution in [0.5, 0.6) is 0 Å². The van der Waals surface area contributed by atoms with Gasteiger partial charge >= 0.3 is 0 Å². The summed E-state index contributed by atoms with van der Waals surface area (Å²) in [5.41, 5.74) is 0. The van der Waals surface area contributed by atoms with Crippen molar-refractivity contribution >= 4 is 29.8 Å². The van der Waals surface area contributed by atoms with Gasteiger partial charge in [0.05, 0.1) is 5.25 Å². The predicted molar refractivity (Wildman–Crippen MR) is 39.3 cm³/mol. The van der Waals surface area contributed by atoms with E-state index in [9.17, 15) is 4.79 Å². The molecule has 1 rings (SSSR count). The van der Waals surface area contributed by atoms with Gasteiger partial charge in [0.25, 0.3) is 0 Å². The van der Waals surface area contributed by atoms with Crippen LogP contribution in [0.15, 0.2) is 0 Å². The third-order valence-electron chi connectivity index (χ3n) is 0.947. The van der Waals surface area contributed by atoms with Gasteiger partial charge in [-0.15, -0.1) is 11.8 Å². The maximum Gasteiger partial charge on any atom is 0.213 e. The summed E-state index contributed by atoms with van der Waals surface area (Å²) in [6, 6.07) is 0. The van der Waals surface area contributed by atoms with E-state index in [2.05, 4.69) is 0 Å². The van der Waals surface area contributed by atoms with Crippen LogP contribution in [0.3, 0.4) is 0 Å². The molecule has 0 N–H and O–H groups in total. The van der Waals surface area contributed by atoms with Crippen molar-refractivity contribution in [3.05, 3.63) is 0 Å². The Bertz CT molecular complexity index is 78.5. The summed E-state index contributed by atoms with van der Waals surface area (Å²) in [5, 5.41) is 0.161. The van der Waals surface area contributed by atoms with Crippen LogP contribution in [-0.2, 0) is 4.79 Å². The zero-order chi connectivity index (χ0) is 5.82. The van der Waals surface area contributed by atoms with E-state index in [1.54, 1.807) is 11.8 Å². The SMILES string of the molecule is O=[C]C1CSCCS1. The number of carbonyl (C=O) groups excluding carboxylic acids is 1. The molecule has 45 valence electrons. The predicted octanol–water partition coefficient (Wildman–Crippen LogP) is 0.945. The second-order valence-electron chi connectivity index (χ2n) is 1.55. The zero-order valence-corrected chi connectivity index (χ0v) is 6.06. The van der Waals surface area contributed by atoms with Crippen LogP contribution in [-0.4, -0.2) is 28.8 Å². The van der Waals surface area contributed by atoms with Crippen molar-refractivity contribution in [3.63, 3.8) is 0 Å². The highest BCUT2D eigenvalue weighted by molar-refractivity contribution is 8.07. The fourth-order valence-corrected chi connectivity index (χ4v) is 2.89. The largest absolute Gasteiger partial charge is 0.290 e. The van der Waals surface area contributed by atoms with Gasteiger partial charge in [0.2, 0.25) is 6.29 Å². The molecule has 0 aromatic rings. The molecule has 1 saturated heterocycles. The van der Waals surface area contributed by atoms with Crippen molar-refractivity contribution in [2.45, 2.75) is 5.25 Å². The molecule has 1 heterocycles. The van der Waals surface area contributed by atoms with Crippen LogP contribution >= 0.6 is 23.5 Å². The lowest BCUT2D eigenvalue weighted by Gasteiger charge is -2.13. The molecule has 1 atom stereocenters. The molecule has 0 spiro atoms. The fourth-order valence-electron chi connectivity index (χ4n) is 0.556. The van der Waals surface area contributed by atoms with Crippen molar-refractivity contribution in [1.29, 1.82) is 0 Å². The van der Waals surface area contributed by atoms with Gasteiger partial charge in [0.15, 0.2) is 0 Å². The Balaban J connectivity index is 2.22. The van der Waals surface area contributed by atoms with E-state index < -0.39 is 0 Å². The standard InChI is InChI=1S/C5H7OS2/c6-3-5-4-7-1-2-8-5/h5H,1-2,4H2. The molecule has 1 aliphatic rings. The van der Waals surface area contributed by atoms with E-state index >= 15 is 0 Å². The molecule has 1 fully saturated rings. The van der Waals surface area contributed by atoms with Crippen molar-refractivity contribution in [2.24, 2.45) is 0 Å². The Morgan fingerprint density at radius 2 is 2.38 bits per heavy atom. The molecule has 0 aliphatic carbocycles. The van der Waals surface area contributed by atoms with Gasteiger partial charge in [-0.1, -0.05) is 0 Å². The zero-order valence-electron chi connectivity index (χ0n) is 4.42. The van der Waals surface area contributed by atoms with Crippen LogP contribution < -0.4 is 0 Å². The highest BCUT2D eigenvalue weighted by Gasteiger charge is 2.12. The number of hydrogen-bond donors (Lipinski definition) is 0. The first-order valence-corrected chi connectivity index (χ1v) is 4.71. The monoisotopic (exact) mass is 147 g/mol. The van der Waals surface area contributed by atoms with Gasteiger partial charge in [-0.3, -0.25) is 4.79 Å². The van der Waals surface area contributed by atoms with E-state index in [-0.39, 0.29) is 5.25 Å². The Morgan fingerprint density at radius 3 is 2.75 bits per heavy atom. The van der Waals surface area contributed by atoms with Gasteiger partial charge in [-0.25, -0.2) is 0 Å². The first kappa shape index (κ1) is 6.49. The molecular weight excluding hydrogens is 140 g/mol. The molecule has 0 saturated carbocycles. The summed E-state index contributed by atoms with van der Waals surface area (Å²) in [6.07, 6.45) is 2.00. The molecular formula is C5H7OS2. The molecule has 0 amide bonds. The topological polar surface area (TPSA) is 17.1 Å². The first-order valence-electron chi connectivity index (χ1n) is 2.50. The lowest BCUT2D eigenvalue weighted by molar-refractivity contribution is 0.555. The minimum Gasteiger partial charge on any atom is -0.290 e.